The van der Waals surface area contributed by atoms with E-state index in [0.29, 0.717) is 12.5 Å². The van der Waals surface area contributed by atoms with Gasteiger partial charge in [-0.05, 0) is 64.3 Å². The van der Waals surface area contributed by atoms with Gasteiger partial charge >= 0.3 is 0 Å². The number of rotatable bonds is 9. The van der Waals surface area contributed by atoms with E-state index < -0.39 is 6.10 Å². The van der Waals surface area contributed by atoms with Crippen molar-refractivity contribution in [1.29, 1.82) is 0 Å². The van der Waals surface area contributed by atoms with Gasteiger partial charge in [-0.2, -0.15) is 0 Å². The van der Waals surface area contributed by atoms with E-state index in [1.807, 2.05) is 49.5 Å². The summed E-state index contributed by atoms with van der Waals surface area (Å²) in [4.78, 5) is 12.8. The minimum Gasteiger partial charge on any atom is -0.497 e. The van der Waals surface area contributed by atoms with E-state index in [4.69, 9.17) is 9.47 Å². The molecule has 1 aromatic heterocycles. The first-order valence-corrected chi connectivity index (χ1v) is 10.2. The molecule has 0 aliphatic carbocycles. The molecule has 0 bridgehead atoms. The highest BCUT2D eigenvalue weighted by molar-refractivity contribution is 5.40. The first-order chi connectivity index (χ1) is 14.0. The SMILES string of the molecule is COc1ccc(OCC(O)CN(C)C)c(CN2CCC(c3ccncn3)CC2)c1. The van der Waals surface area contributed by atoms with Crippen LogP contribution in [0, 0.1) is 0 Å². The van der Waals surface area contributed by atoms with Crippen molar-refractivity contribution in [3.05, 3.63) is 48.0 Å². The predicted octanol–water partition coefficient (Wildman–Crippen LogP) is 2.17. The van der Waals surface area contributed by atoms with Gasteiger partial charge in [0.05, 0.1) is 7.11 Å². The van der Waals surface area contributed by atoms with Crippen molar-refractivity contribution in [2.45, 2.75) is 31.4 Å². The molecule has 29 heavy (non-hydrogen) atoms. The van der Waals surface area contributed by atoms with Crippen LogP contribution in [0.4, 0.5) is 0 Å². The molecule has 1 fully saturated rings. The van der Waals surface area contributed by atoms with Gasteiger partial charge in [0.25, 0.3) is 0 Å². The van der Waals surface area contributed by atoms with Crippen molar-refractivity contribution in [1.82, 2.24) is 19.8 Å². The van der Waals surface area contributed by atoms with Crippen molar-refractivity contribution >= 4 is 0 Å². The number of likely N-dealkylation sites (tertiary alicyclic amines) is 1. The number of hydrogen-bond acceptors (Lipinski definition) is 7. The van der Waals surface area contributed by atoms with Crippen LogP contribution in [0.2, 0.25) is 0 Å². The third kappa shape index (κ3) is 6.39. The second-order valence-corrected chi connectivity index (χ2v) is 7.89. The Bertz CT molecular complexity index is 749. The zero-order valence-electron chi connectivity index (χ0n) is 17.6. The molecule has 7 heteroatoms. The molecule has 1 saturated heterocycles. The number of nitrogens with zero attached hydrogens (tertiary/aromatic N) is 4. The molecule has 0 amide bonds. The second-order valence-electron chi connectivity index (χ2n) is 7.89. The van der Waals surface area contributed by atoms with E-state index >= 15 is 0 Å². The topological polar surface area (TPSA) is 71.0 Å². The fourth-order valence-corrected chi connectivity index (χ4v) is 3.78. The lowest BCUT2D eigenvalue weighted by Crippen LogP contribution is -2.33. The zero-order chi connectivity index (χ0) is 20.6. The highest BCUT2D eigenvalue weighted by Crippen LogP contribution is 2.30. The van der Waals surface area contributed by atoms with Crippen LogP contribution in [0.3, 0.4) is 0 Å². The summed E-state index contributed by atoms with van der Waals surface area (Å²) in [5, 5.41) is 10.1. The predicted molar refractivity (Wildman–Crippen MR) is 112 cm³/mol. The van der Waals surface area contributed by atoms with Crippen molar-refractivity contribution < 1.29 is 14.6 Å². The highest BCUT2D eigenvalue weighted by atomic mass is 16.5. The van der Waals surface area contributed by atoms with E-state index in [2.05, 4.69) is 14.9 Å². The minimum atomic E-state index is -0.524. The third-order valence-corrected chi connectivity index (χ3v) is 5.28. The molecular weight excluding hydrogens is 368 g/mol. The van der Waals surface area contributed by atoms with E-state index in [1.54, 1.807) is 13.4 Å². The molecule has 0 spiro atoms. The van der Waals surface area contributed by atoms with E-state index in [0.717, 1.165) is 55.2 Å². The fourth-order valence-electron chi connectivity index (χ4n) is 3.78. The number of benzene rings is 1. The Hall–Kier alpha value is -2.22. The molecule has 1 N–H and O–H groups in total. The number of likely N-dealkylation sites (N-methyl/N-ethyl adjacent to an activating group) is 1. The molecule has 2 aromatic rings. The van der Waals surface area contributed by atoms with E-state index in [9.17, 15) is 5.11 Å². The summed E-state index contributed by atoms with van der Waals surface area (Å²) in [6, 6.07) is 7.89. The van der Waals surface area contributed by atoms with Gasteiger partial charge in [-0.1, -0.05) is 0 Å². The highest BCUT2D eigenvalue weighted by Gasteiger charge is 2.22. The fraction of sp³-hybridized carbons (Fsp3) is 0.545. The molecular formula is C22H32N4O3. The number of aromatic nitrogens is 2. The van der Waals surface area contributed by atoms with Crippen molar-refractivity contribution in [2.75, 3.05) is 47.4 Å². The Morgan fingerprint density at radius 1 is 1.24 bits per heavy atom. The molecule has 1 aliphatic rings. The van der Waals surface area contributed by atoms with Crippen molar-refractivity contribution in [2.24, 2.45) is 0 Å². The Labute approximate surface area is 173 Å². The summed E-state index contributed by atoms with van der Waals surface area (Å²) in [7, 11) is 5.55. The van der Waals surface area contributed by atoms with Gasteiger partial charge in [0, 0.05) is 36.5 Å². The summed E-state index contributed by atoms with van der Waals surface area (Å²) >= 11 is 0. The van der Waals surface area contributed by atoms with Crippen LogP contribution in [0.15, 0.2) is 36.8 Å². The lowest BCUT2D eigenvalue weighted by atomic mass is 9.93. The first-order valence-electron chi connectivity index (χ1n) is 10.2. The van der Waals surface area contributed by atoms with Crippen LogP contribution in [-0.4, -0.2) is 78.4 Å². The summed E-state index contributed by atoms with van der Waals surface area (Å²) in [5.74, 6) is 2.12. The number of piperidine rings is 1. The third-order valence-electron chi connectivity index (χ3n) is 5.28. The standard InChI is InChI=1S/C22H32N4O3/c1-25(2)14-19(27)15-29-22-5-4-20(28-3)12-18(22)13-26-10-7-17(8-11-26)21-6-9-23-16-24-21/h4-6,9,12,16-17,19,27H,7-8,10-11,13-15H2,1-3H3. The maximum Gasteiger partial charge on any atom is 0.124 e. The van der Waals surface area contributed by atoms with Crippen LogP contribution >= 0.6 is 0 Å². The minimum absolute atomic E-state index is 0.271. The Kier molecular flexibility index (Phi) is 7.80. The molecule has 0 radical (unpaired) electrons. The molecule has 1 atom stereocenters. The van der Waals surface area contributed by atoms with Gasteiger partial charge in [-0.3, -0.25) is 4.90 Å². The Balaban J connectivity index is 1.60. The normalized spacial score (nSPS) is 16.7. The van der Waals surface area contributed by atoms with Crippen molar-refractivity contribution in [3.8, 4) is 11.5 Å². The number of aliphatic hydroxyl groups excluding tert-OH is 1. The Morgan fingerprint density at radius 3 is 2.69 bits per heavy atom. The smallest absolute Gasteiger partial charge is 0.124 e. The molecule has 2 heterocycles. The van der Waals surface area contributed by atoms with Crippen LogP contribution in [0.25, 0.3) is 0 Å². The molecule has 1 unspecified atom stereocenters. The lowest BCUT2D eigenvalue weighted by Gasteiger charge is -2.32. The molecule has 1 aromatic carbocycles. The summed E-state index contributed by atoms with van der Waals surface area (Å²) in [6.45, 7) is 3.66. The van der Waals surface area contributed by atoms with Crippen molar-refractivity contribution in [3.63, 3.8) is 0 Å². The lowest BCUT2D eigenvalue weighted by molar-refractivity contribution is 0.0820. The monoisotopic (exact) mass is 400 g/mol. The van der Waals surface area contributed by atoms with Gasteiger partial charge in [0.2, 0.25) is 0 Å². The quantitative estimate of drug-likeness (QED) is 0.692. The van der Waals surface area contributed by atoms with Gasteiger partial charge in [0.1, 0.15) is 30.5 Å². The molecule has 1 aliphatic heterocycles. The molecule has 3 rings (SSSR count). The molecule has 0 saturated carbocycles. The number of methoxy groups -OCH3 is 1. The van der Waals surface area contributed by atoms with Crippen LogP contribution in [-0.2, 0) is 6.54 Å². The van der Waals surface area contributed by atoms with E-state index in [-0.39, 0.29) is 6.61 Å². The van der Waals surface area contributed by atoms with Gasteiger partial charge < -0.3 is 19.5 Å². The number of aliphatic hydroxyl groups is 1. The maximum absolute atomic E-state index is 10.1. The molecule has 158 valence electrons. The molecule has 7 nitrogen and oxygen atoms in total. The average Bonchev–Trinajstić information content (AvgIpc) is 2.73. The van der Waals surface area contributed by atoms with Crippen LogP contribution < -0.4 is 9.47 Å². The Morgan fingerprint density at radius 2 is 2.03 bits per heavy atom. The van der Waals surface area contributed by atoms with Gasteiger partial charge in [0.15, 0.2) is 0 Å². The summed E-state index contributed by atoms with van der Waals surface area (Å²) < 4.78 is 11.4. The summed E-state index contributed by atoms with van der Waals surface area (Å²) in [6.07, 6.45) is 5.09. The first kappa shape index (κ1) is 21.5. The number of hydrogen-bond donors (Lipinski definition) is 1. The largest absolute Gasteiger partial charge is 0.497 e. The summed E-state index contributed by atoms with van der Waals surface area (Å²) in [5.41, 5.74) is 2.22. The van der Waals surface area contributed by atoms with Crippen LogP contribution in [0.5, 0.6) is 11.5 Å². The zero-order valence-corrected chi connectivity index (χ0v) is 17.6. The number of ether oxygens (including phenoxy) is 2. The van der Waals surface area contributed by atoms with Crippen LogP contribution in [0.1, 0.15) is 30.0 Å². The van der Waals surface area contributed by atoms with Gasteiger partial charge in [-0.15, -0.1) is 0 Å². The average molecular weight is 401 g/mol. The van der Waals surface area contributed by atoms with Gasteiger partial charge in [-0.25, -0.2) is 9.97 Å². The maximum atomic E-state index is 10.1. The van der Waals surface area contributed by atoms with E-state index in [1.165, 1.54) is 0 Å². The second kappa shape index (κ2) is 10.5.